The van der Waals surface area contributed by atoms with Crippen LogP contribution in [0.3, 0.4) is 0 Å². The minimum absolute atomic E-state index is 0. The predicted molar refractivity (Wildman–Crippen MR) is 118 cm³/mol. The Morgan fingerprint density at radius 3 is 2.53 bits per heavy atom. The molecule has 0 unspecified atom stereocenters. The number of aromatic nitrogens is 4. The van der Waals surface area contributed by atoms with Gasteiger partial charge in [-0.15, -0.1) is 23.7 Å². The van der Waals surface area contributed by atoms with E-state index in [0.717, 1.165) is 42.4 Å². The highest BCUT2D eigenvalue weighted by atomic mass is 35.5. The average Bonchev–Trinajstić information content (AvgIpc) is 3.39. The minimum Gasteiger partial charge on any atom is -0.369 e. The Morgan fingerprint density at radius 2 is 1.83 bits per heavy atom. The van der Waals surface area contributed by atoms with Crippen LogP contribution in [0.4, 0.5) is 10.1 Å². The van der Waals surface area contributed by atoms with Crippen LogP contribution in [0.1, 0.15) is 5.69 Å². The molecule has 10 heteroatoms. The number of H-pyrrole nitrogens is 1. The second-order valence-corrected chi connectivity index (χ2v) is 7.96. The van der Waals surface area contributed by atoms with Crippen molar-refractivity contribution in [2.75, 3.05) is 31.1 Å². The lowest BCUT2D eigenvalue weighted by molar-refractivity contribution is 0.247. The van der Waals surface area contributed by atoms with Gasteiger partial charge < -0.3 is 4.90 Å². The highest BCUT2D eigenvalue weighted by Crippen LogP contribution is 2.21. The van der Waals surface area contributed by atoms with Crippen LogP contribution in [-0.2, 0) is 6.54 Å². The van der Waals surface area contributed by atoms with Gasteiger partial charge in [-0.2, -0.15) is 9.50 Å². The molecule has 156 valence electrons. The molecule has 0 amide bonds. The van der Waals surface area contributed by atoms with E-state index in [4.69, 9.17) is 0 Å². The SMILES string of the molecule is Cl.O=c1cc(CN2CCN(c3ccc(F)cc3)CC2)nc2nc(-c3cccs3)[nH]n12. The fourth-order valence-electron chi connectivity index (χ4n) is 3.58. The monoisotopic (exact) mass is 446 g/mol. The van der Waals surface area contributed by atoms with Gasteiger partial charge in [-0.25, -0.2) is 9.37 Å². The number of anilines is 1. The van der Waals surface area contributed by atoms with E-state index in [-0.39, 0.29) is 23.8 Å². The van der Waals surface area contributed by atoms with E-state index in [9.17, 15) is 9.18 Å². The van der Waals surface area contributed by atoms with Crippen LogP contribution in [0.25, 0.3) is 16.5 Å². The summed E-state index contributed by atoms with van der Waals surface area (Å²) in [6.45, 7) is 3.98. The van der Waals surface area contributed by atoms with Crippen molar-refractivity contribution in [3.8, 4) is 10.7 Å². The minimum atomic E-state index is -0.222. The Kier molecular flexibility index (Phi) is 5.85. The Bertz CT molecular complexity index is 1180. The Labute approximate surface area is 182 Å². The van der Waals surface area contributed by atoms with Gasteiger partial charge in [0.2, 0.25) is 0 Å². The number of aromatic amines is 1. The number of hydrogen-bond donors (Lipinski definition) is 1. The predicted octanol–water partition coefficient (Wildman–Crippen LogP) is 3.03. The second-order valence-electron chi connectivity index (χ2n) is 7.01. The molecule has 0 atom stereocenters. The number of nitrogens with zero attached hydrogens (tertiary/aromatic N) is 5. The first-order valence-electron chi connectivity index (χ1n) is 9.41. The van der Waals surface area contributed by atoms with Gasteiger partial charge in [-0.05, 0) is 35.7 Å². The summed E-state index contributed by atoms with van der Waals surface area (Å²) in [6, 6.07) is 12.1. The molecule has 30 heavy (non-hydrogen) atoms. The second kappa shape index (κ2) is 8.55. The summed E-state index contributed by atoms with van der Waals surface area (Å²) in [4.78, 5) is 27.0. The quantitative estimate of drug-likeness (QED) is 0.522. The first-order valence-corrected chi connectivity index (χ1v) is 10.3. The number of halogens is 2. The van der Waals surface area contributed by atoms with Gasteiger partial charge in [-0.3, -0.25) is 14.8 Å². The standard InChI is InChI=1S/C20H19FN6OS.ClH/c21-14-3-5-16(6-4-14)26-9-7-25(8-10-26)13-15-12-18(28)27-20(22-15)23-19(24-27)17-2-1-11-29-17;/h1-6,11-12H,7-10,13H2,(H,22,23,24);1H. The molecular formula is C20H20ClFN6OS. The summed E-state index contributed by atoms with van der Waals surface area (Å²) in [7, 11) is 0. The summed E-state index contributed by atoms with van der Waals surface area (Å²) in [5.74, 6) is 0.816. The van der Waals surface area contributed by atoms with Crippen molar-refractivity contribution in [3.63, 3.8) is 0 Å². The number of rotatable bonds is 4. The molecule has 1 aromatic carbocycles. The maximum atomic E-state index is 13.1. The zero-order valence-electron chi connectivity index (χ0n) is 16.0. The van der Waals surface area contributed by atoms with E-state index in [1.54, 1.807) is 17.4 Å². The molecule has 7 nitrogen and oxygen atoms in total. The van der Waals surface area contributed by atoms with Crippen molar-refractivity contribution < 1.29 is 4.39 Å². The van der Waals surface area contributed by atoms with Crippen LogP contribution in [0.2, 0.25) is 0 Å². The van der Waals surface area contributed by atoms with E-state index >= 15 is 0 Å². The van der Waals surface area contributed by atoms with Gasteiger partial charge in [0.25, 0.3) is 11.3 Å². The highest BCUT2D eigenvalue weighted by molar-refractivity contribution is 7.13. The fraction of sp³-hybridized carbons (Fsp3) is 0.250. The zero-order valence-corrected chi connectivity index (χ0v) is 17.6. The number of benzene rings is 1. The van der Waals surface area contributed by atoms with E-state index in [1.165, 1.54) is 16.6 Å². The third-order valence-corrected chi connectivity index (χ3v) is 5.96. The van der Waals surface area contributed by atoms with Crippen molar-refractivity contribution in [2.24, 2.45) is 0 Å². The third-order valence-electron chi connectivity index (χ3n) is 5.09. The highest BCUT2D eigenvalue weighted by Gasteiger charge is 2.19. The molecule has 0 aliphatic carbocycles. The summed E-state index contributed by atoms with van der Waals surface area (Å²) >= 11 is 1.56. The van der Waals surface area contributed by atoms with Gasteiger partial charge in [0.05, 0.1) is 10.6 Å². The van der Waals surface area contributed by atoms with Gasteiger partial charge in [0.15, 0.2) is 5.82 Å². The largest absolute Gasteiger partial charge is 0.369 e. The molecule has 0 spiro atoms. The lowest BCUT2D eigenvalue weighted by atomic mass is 10.2. The number of nitrogens with one attached hydrogen (secondary N) is 1. The topological polar surface area (TPSA) is 69.5 Å². The third kappa shape index (κ3) is 4.09. The first-order chi connectivity index (χ1) is 14.2. The molecular weight excluding hydrogens is 427 g/mol. The Morgan fingerprint density at radius 1 is 1.07 bits per heavy atom. The van der Waals surface area contributed by atoms with Crippen molar-refractivity contribution in [1.82, 2.24) is 24.5 Å². The fourth-order valence-corrected chi connectivity index (χ4v) is 4.24. The van der Waals surface area contributed by atoms with Crippen molar-refractivity contribution in [3.05, 3.63) is 69.7 Å². The molecule has 0 radical (unpaired) electrons. The smallest absolute Gasteiger partial charge is 0.274 e. The Balaban J connectivity index is 0.00000218. The molecule has 4 heterocycles. The van der Waals surface area contributed by atoms with Gasteiger partial charge in [-0.1, -0.05) is 6.07 Å². The lowest BCUT2D eigenvalue weighted by Crippen LogP contribution is -2.46. The molecule has 1 N–H and O–H groups in total. The summed E-state index contributed by atoms with van der Waals surface area (Å²) in [6.07, 6.45) is 0. The van der Waals surface area contributed by atoms with Crippen LogP contribution >= 0.6 is 23.7 Å². The first kappa shape index (κ1) is 20.5. The number of fused-ring (bicyclic) bond motifs is 1. The molecule has 4 aromatic rings. The maximum Gasteiger partial charge on any atom is 0.274 e. The number of thiophene rings is 1. The van der Waals surface area contributed by atoms with Crippen molar-refractivity contribution in [2.45, 2.75) is 6.54 Å². The van der Waals surface area contributed by atoms with Gasteiger partial charge in [0, 0.05) is 44.5 Å². The van der Waals surface area contributed by atoms with Crippen LogP contribution in [0.5, 0.6) is 0 Å². The Hall–Kier alpha value is -2.75. The summed E-state index contributed by atoms with van der Waals surface area (Å²) in [5.41, 5.74) is 1.58. The molecule has 3 aromatic heterocycles. The molecule has 5 rings (SSSR count). The molecule has 1 aliphatic heterocycles. The molecule has 0 saturated carbocycles. The van der Waals surface area contributed by atoms with Crippen LogP contribution in [0, 0.1) is 5.82 Å². The van der Waals surface area contributed by atoms with Crippen molar-refractivity contribution >= 4 is 35.2 Å². The number of hydrogen-bond acceptors (Lipinski definition) is 6. The molecule has 1 saturated heterocycles. The van der Waals surface area contributed by atoms with Gasteiger partial charge in [0.1, 0.15) is 5.82 Å². The normalized spacial score (nSPS) is 14.8. The van der Waals surface area contributed by atoms with E-state index in [1.807, 2.05) is 29.6 Å². The average molecular weight is 447 g/mol. The summed E-state index contributed by atoms with van der Waals surface area (Å²) < 4.78 is 14.5. The van der Waals surface area contributed by atoms with Crippen LogP contribution in [-0.4, -0.2) is 50.7 Å². The van der Waals surface area contributed by atoms with E-state index < -0.39 is 0 Å². The maximum absolute atomic E-state index is 13.1. The van der Waals surface area contributed by atoms with E-state index in [2.05, 4.69) is 24.9 Å². The van der Waals surface area contributed by atoms with Crippen LogP contribution < -0.4 is 10.5 Å². The van der Waals surface area contributed by atoms with Crippen LogP contribution in [0.15, 0.2) is 52.6 Å². The molecule has 1 fully saturated rings. The lowest BCUT2D eigenvalue weighted by Gasteiger charge is -2.35. The number of piperazine rings is 1. The summed E-state index contributed by atoms with van der Waals surface area (Å²) in [5, 5.41) is 4.99. The van der Waals surface area contributed by atoms with E-state index in [0.29, 0.717) is 18.1 Å². The molecule has 0 bridgehead atoms. The molecule has 1 aliphatic rings. The van der Waals surface area contributed by atoms with Crippen molar-refractivity contribution in [1.29, 1.82) is 0 Å². The zero-order chi connectivity index (χ0) is 19.8. The van der Waals surface area contributed by atoms with Gasteiger partial charge >= 0.3 is 0 Å².